The zero-order valence-corrected chi connectivity index (χ0v) is 15.5. The lowest BCUT2D eigenvalue weighted by Crippen LogP contribution is -2.48. The van der Waals surface area contributed by atoms with E-state index in [9.17, 15) is 4.79 Å². The lowest BCUT2D eigenvalue weighted by Gasteiger charge is -2.34. The third kappa shape index (κ3) is 3.62. The first kappa shape index (κ1) is 17.1. The number of hydrogen-bond donors (Lipinski definition) is 0. The molecule has 4 rings (SSSR count). The Bertz CT molecular complexity index is 757. The van der Waals surface area contributed by atoms with Gasteiger partial charge < -0.3 is 4.90 Å². The summed E-state index contributed by atoms with van der Waals surface area (Å²) in [6.07, 6.45) is 2.35. The summed E-state index contributed by atoms with van der Waals surface area (Å²) in [4.78, 5) is 17.0. The molecular formula is C19H26N6O. The molecule has 2 aliphatic rings. The van der Waals surface area contributed by atoms with Gasteiger partial charge in [0.05, 0.1) is 12.6 Å². The van der Waals surface area contributed by atoms with E-state index in [2.05, 4.69) is 46.4 Å². The molecule has 0 bridgehead atoms. The van der Waals surface area contributed by atoms with E-state index in [4.69, 9.17) is 0 Å². The molecule has 1 amide bonds. The van der Waals surface area contributed by atoms with Crippen molar-refractivity contribution >= 4 is 5.91 Å². The van der Waals surface area contributed by atoms with Crippen LogP contribution in [-0.4, -0.2) is 62.1 Å². The van der Waals surface area contributed by atoms with Crippen LogP contribution in [0.2, 0.25) is 0 Å². The summed E-state index contributed by atoms with van der Waals surface area (Å²) in [6.45, 7) is 8.28. The van der Waals surface area contributed by atoms with Crippen LogP contribution in [-0.2, 0) is 6.54 Å². The van der Waals surface area contributed by atoms with Crippen LogP contribution in [0.25, 0.3) is 0 Å². The van der Waals surface area contributed by atoms with Crippen molar-refractivity contribution in [3.05, 3.63) is 41.2 Å². The first-order valence-electron chi connectivity index (χ1n) is 9.50. The van der Waals surface area contributed by atoms with E-state index < -0.39 is 0 Å². The maximum atomic E-state index is 12.7. The molecule has 0 atom stereocenters. The normalized spacial score (nSPS) is 18.5. The standard InChI is InChI=1S/C19H26N6O/c1-14(2)15-3-5-16(6-4-15)19(26)24-11-9-23(10-12-24)13-18-20-21-22-25(18)17-7-8-17/h3-6,14,17H,7-13H2,1-2H3. The summed E-state index contributed by atoms with van der Waals surface area (Å²) in [5.74, 6) is 1.55. The minimum Gasteiger partial charge on any atom is -0.336 e. The molecule has 138 valence electrons. The molecule has 1 aromatic carbocycles. The number of piperazine rings is 1. The van der Waals surface area contributed by atoms with Crippen molar-refractivity contribution in [2.45, 2.75) is 45.2 Å². The molecule has 1 aliphatic carbocycles. The Hall–Kier alpha value is -2.28. The van der Waals surface area contributed by atoms with Crippen LogP contribution in [0.15, 0.2) is 24.3 Å². The van der Waals surface area contributed by atoms with Gasteiger partial charge in [0.25, 0.3) is 5.91 Å². The zero-order valence-electron chi connectivity index (χ0n) is 15.5. The highest BCUT2D eigenvalue weighted by Crippen LogP contribution is 2.34. The van der Waals surface area contributed by atoms with Crippen LogP contribution >= 0.6 is 0 Å². The smallest absolute Gasteiger partial charge is 0.253 e. The van der Waals surface area contributed by atoms with Crippen molar-refractivity contribution in [2.75, 3.05) is 26.2 Å². The molecule has 26 heavy (non-hydrogen) atoms. The summed E-state index contributed by atoms with van der Waals surface area (Å²) >= 11 is 0. The number of amides is 1. The van der Waals surface area contributed by atoms with Crippen molar-refractivity contribution in [3.63, 3.8) is 0 Å². The summed E-state index contributed by atoms with van der Waals surface area (Å²) in [5, 5.41) is 12.1. The Labute approximate surface area is 154 Å². The van der Waals surface area contributed by atoms with E-state index in [0.717, 1.165) is 44.1 Å². The number of hydrogen-bond acceptors (Lipinski definition) is 5. The van der Waals surface area contributed by atoms with Gasteiger partial charge in [0, 0.05) is 31.7 Å². The highest BCUT2D eigenvalue weighted by atomic mass is 16.2. The third-order valence-corrected chi connectivity index (χ3v) is 5.30. The molecule has 2 fully saturated rings. The lowest BCUT2D eigenvalue weighted by atomic mass is 10.0. The Morgan fingerprint density at radius 2 is 1.81 bits per heavy atom. The van der Waals surface area contributed by atoms with Gasteiger partial charge in [-0.15, -0.1) is 5.10 Å². The van der Waals surface area contributed by atoms with E-state index in [-0.39, 0.29) is 5.91 Å². The maximum Gasteiger partial charge on any atom is 0.253 e. The van der Waals surface area contributed by atoms with Crippen molar-refractivity contribution in [1.29, 1.82) is 0 Å². The zero-order chi connectivity index (χ0) is 18.1. The number of benzene rings is 1. The molecule has 1 saturated carbocycles. The van der Waals surface area contributed by atoms with Crippen LogP contribution in [0.4, 0.5) is 0 Å². The Morgan fingerprint density at radius 1 is 1.12 bits per heavy atom. The number of carbonyl (C=O) groups excluding carboxylic acids is 1. The monoisotopic (exact) mass is 354 g/mol. The molecule has 7 nitrogen and oxygen atoms in total. The second-order valence-corrected chi connectivity index (χ2v) is 7.62. The predicted octanol–water partition coefficient (Wildman–Crippen LogP) is 2.09. The summed E-state index contributed by atoms with van der Waals surface area (Å²) < 4.78 is 1.97. The van der Waals surface area contributed by atoms with E-state index in [1.54, 1.807) is 0 Å². The first-order chi connectivity index (χ1) is 12.6. The molecule has 1 aromatic heterocycles. The average molecular weight is 354 g/mol. The molecular weight excluding hydrogens is 328 g/mol. The molecule has 0 unspecified atom stereocenters. The highest BCUT2D eigenvalue weighted by molar-refractivity contribution is 5.94. The lowest BCUT2D eigenvalue weighted by molar-refractivity contribution is 0.0623. The van der Waals surface area contributed by atoms with Gasteiger partial charge in [0.15, 0.2) is 5.82 Å². The number of aromatic nitrogens is 4. The van der Waals surface area contributed by atoms with Gasteiger partial charge in [0.2, 0.25) is 0 Å². The van der Waals surface area contributed by atoms with E-state index in [1.165, 1.54) is 18.4 Å². The molecule has 7 heteroatoms. The number of tetrazole rings is 1. The van der Waals surface area contributed by atoms with Crippen molar-refractivity contribution in [2.24, 2.45) is 0 Å². The third-order valence-electron chi connectivity index (χ3n) is 5.30. The van der Waals surface area contributed by atoms with Gasteiger partial charge in [-0.2, -0.15) is 0 Å². The number of nitrogens with zero attached hydrogens (tertiary/aromatic N) is 6. The molecule has 1 aliphatic heterocycles. The van der Waals surface area contributed by atoms with Gasteiger partial charge in [-0.05, 0) is 46.9 Å². The summed E-state index contributed by atoms with van der Waals surface area (Å²) in [6, 6.07) is 8.52. The molecule has 0 N–H and O–H groups in total. The largest absolute Gasteiger partial charge is 0.336 e. The van der Waals surface area contributed by atoms with Gasteiger partial charge in [0.1, 0.15) is 0 Å². The molecule has 2 aromatic rings. The predicted molar refractivity (Wildman–Crippen MR) is 97.8 cm³/mol. The van der Waals surface area contributed by atoms with Gasteiger partial charge in [-0.1, -0.05) is 26.0 Å². The van der Waals surface area contributed by atoms with Crippen LogP contribution in [0, 0.1) is 0 Å². The Balaban J connectivity index is 1.32. The molecule has 0 radical (unpaired) electrons. The van der Waals surface area contributed by atoms with Gasteiger partial charge >= 0.3 is 0 Å². The summed E-state index contributed by atoms with van der Waals surface area (Å²) in [5.41, 5.74) is 2.04. The van der Waals surface area contributed by atoms with E-state index in [0.29, 0.717) is 12.0 Å². The Kier molecular flexibility index (Phi) is 4.72. The number of rotatable bonds is 5. The average Bonchev–Trinajstić information content (AvgIpc) is 3.41. The fourth-order valence-electron chi connectivity index (χ4n) is 3.42. The van der Waals surface area contributed by atoms with Crippen LogP contribution < -0.4 is 0 Å². The second kappa shape index (κ2) is 7.15. The van der Waals surface area contributed by atoms with Crippen LogP contribution in [0.3, 0.4) is 0 Å². The van der Waals surface area contributed by atoms with E-state index >= 15 is 0 Å². The highest BCUT2D eigenvalue weighted by Gasteiger charge is 2.29. The van der Waals surface area contributed by atoms with Gasteiger partial charge in [-0.25, -0.2) is 4.68 Å². The summed E-state index contributed by atoms with van der Waals surface area (Å²) in [7, 11) is 0. The quantitative estimate of drug-likeness (QED) is 0.822. The van der Waals surface area contributed by atoms with Crippen LogP contribution in [0.1, 0.15) is 60.4 Å². The minimum atomic E-state index is 0.128. The topological polar surface area (TPSA) is 67.2 Å². The second-order valence-electron chi connectivity index (χ2n) is 7.62. The fourth-order valence-corrected chi connectivity index (χ4v) is 3.42. The maximum absolute atomic E-state index is 12.7. The molecule has 1 saturated heterocycles. The fraction of sp³-hybridized carbons (Fsp3) is 0.579. The molecule has 2 heterocycles. The Morgan fingerprint density at radius 3 is 2.42 bits per heavy atom. The van der Waals surface area contributed by atoms with Crippen molar-refractivity contribution in [3.8, 4) is 0 Å². The van der Waals surface area contributed by atoms with Crippen molar-refractivity contribution < 1.29 is 4.79 Å². The minimum absolute atomic E-state index is 0.128. The van der Waals surface area contributed by atoms with Crippen LogP contribution in [0.5, 0.6) is 0 Å². The first-order valence-corrected chi connectivity index (χ1v) is 9.50. The SMILES string of the molecule is CC(C)c1ccc(C(=O)N2CCN(Cc3nnnn3C3CC3)CC2)cc1. The van der Waals surface area contributed by atoms with E-state index in [1.807, 2.05) is 21.7 Å². The molecule has 0 spiro atoms. The van der Waals surface area contributed by atoms with Gasteiger partial charge in [-0.3, -0.25) is 9.69 Å². The number of carbonyl (C=O) groups is 1. The van der Waals surface area contributed by atoms with Crippen molar-refractivity contribution in [1.82, 2.24) is 30.0 Å².